The summed E-state index contributed by atoms with van der Waals surface area (Å²) < 4.78 is 311. The average molecular weight is 717 g/mol. The summed E-state index contributed by atoms with van der Waals surface area (Å²) in [6.45, 7) is -5.78. The second-order valence-electron chi connectivity index (χ2n) is 7.35. The Bertz CT molecular complexity index is 1030. The molecule has 262 valence electrons. The summed E-state index contributed by atoms with van der Waals surface area (Å²) in [5, 5.41) is 2.49. The molecule has 0 saturated carbocycles. The van der Waals surface area contributed by atoms with E-state index in [1.807, 2.05) is 9.65 Å². The Balaban J connectivity index is 7.07. The van der Waals surface area contributed by atoms with Gasteiger partial charge in [-0.3, -0.25) is 14.2 Å². The summed E-state index contributed by atoms with van der Waals surface area (Å²) in [4.78, 5) is 1.91. The minimum atomic E-state index is -8.70. The topological polar surface area (TPSA) is 85.7 Å². The maximum Gasteiger partial charge on any atom is 0.462 e. The van der Waals surface area contributed by atoms with Gasteiger partial charge in [-0.1, -0.05) is 5.11 Å². The number of azide groups is 1. The molecular formula is C14H6F23N3O4. The summed E-state index contributed by atoms with van der Waals surface area (Å²) in [5.74, 6) is -31.9. The van der Waals surface area contributed by atoms with E-state index in [1.54, 1.807) is 0 Å². The Morgan fingerprint density at radius 1 is 0.477 bits per heavy atom. The molecule has 0 aromatic carbocycles. The van der Waals surface area contributed by atoms with Crippen molar-refractivity contribution in [2.24, 2.45) is 5.11 Å². The van der Waals surface area contributed by atoms with Crippen molar-refractivity contribution < 1.29 is 120 Å². The highest BCUT2D eigenvalue weighted by Gasteiger charge is 2.88. The SMILES string of the molecule is [N-]=[N+]=NCCOCC(F)(OC(F)(F)C(F)(OC(F)(F)C(F)(OC(F)(F)C(F)(F)C(F)(F)F)C(F)(F)F)C(F)(F)F)C(F)(F)F. The van der Waals surface area contributed by atoms with Gasteiger partial charge >= 0.3 is 66.5 Å². The van der Waals surface area contributed by atoms with Crippen LogP contribution in [0.4, 0.5) is 101 Å². The Labute approximate surface area is 223 Å². The molecule has 0 aliphatic heterocycles. The van der Waals surface area contributed by atoms with Crippen molar-refractivity contribution >= 4 is 0 Å². The lowest BCUT2D eigenvalue weighted by Crippen LogP contribution is -2.70. The van der Waals surface area contributed by atoms with Crippen molar-refractivity contribution in [2.45, 2.75) is 66.5 Å². The average Bonchev–Trinajstić information content (AvgIpc) is 2.74. The van der Waals surface area contributed by atoms with E-state index in [0.29, 0.717) is 0 Å². The van der Waals surface area contributed by atoms with Crippen LogP contribution < -0.4 is 0 Å². The molecule has 0 N–H and O–H groups in total. The van der Waals surface area contributed by atoms with E-state index in [1.165, 1.54) is 4.74 Å². The molecule has 44 heavy (non-hydrogen) atoms. The first-order chi connectivity index (χ1) is 18.9. The lowest BCUT2D eigenvalue weighted by atomic mass is 10.2. The van der Waals surface area contributed by atoms with Gasteiger partial charge in [0.05, 0.1) is 6.61 Å². The molecule has 0 radical (unpaired) electrons. The molecular weight excluding hydrogens is 711 g/mol. The van der Waals surface area contributed by atoms with E-state index in [9.17, 15) is 101 Å². The third kappa shape index (κ3) is 7.84. The normalized spacial score (nSPS) is 19.1. The first-order valence-electron chi connectivity index (χ1n) is 9.47. The van der Waals surface area contributed by atoms with E-state index in [-0.39, 0.29) is 0 Å². The number of rotatable bonds is 14. The van der Waals surface area contributed by atoms with E-state index in [2.05, 4.69) is 9.85 Å². The fourth-order valence-electron chi connectivity index (χ4n) is 2.00. The summed E-state index contributed by atoms with van der Waals surface area (Å²) in [6, 6.07) is 0. The minimum Gasteiger partial charge on any atom is -0.375 e. The quantitative estimate of drug-likeness (QED) is 0.0599. The zero-order chi connectivity index (χ0) is 35.9. The second kappa shape index (κ2) is 12.0. The maximum atomic E-state index is 14.3. The highest BCUT2D eigenvalue weighted by molar-refractivity contribution is 4.97. The zero-order valence-electron chi connectivity index (χ0n) is 19.3. The van der Waals surface area contributed by atoms with Crippen molar-refractivity contribution in [3.63, 3.8) is 0 Å². The van der Waals surface area contributed by atoms with Crippen LogP contribution in [0.25, 0.3) is 10.4 Å². The first kappa shape index (κ1) is 41.5. The second-order valence-corrected chi connectivity index (χ2v) is 7.35. The highest BCUT2D eigenvalue weighted by atomic mass is 19.4. The number of alkyl halides is 23. The number of ether oxygens (including phenoxy) is 4. The fourth-order valence-corrected chi connectivity index (χ4v) is 2.00. The number of nitrogens with zero attached hydrogens (tertiary/aromatic N) is 3. The number of halogens is 23. The molecule has 0 rings (SSSR count). The molecule has 0 amide bonds. The Hall–Kier alpha value is -2.46. The third-order valence-corrected chi connectivity index (χ3v) is 4.14. The Kier molecular flexibility index (Phi) is 11.4. The van der Waals surface area contributed by atoms with Crippen LogP contribution in [0.3, 0.4) is 0 Å². The van der Waals surface area contributed by atoms with Crippen molar-refractivity contribution in [1.29, 1.82) is 0 Å². The van der Waals surface area contributed by atoms with Crippen molar-refractivity contribution in [3.8, 4) is 0 Å². The van der Waals surface area contributed by atoms with Crippen molar-refractivity contribution in [3.05, 3.63) is 10.4 Å². The van der Waals surface area contributed by atoms with Crippen LogP contribution in [0.5, 0.6) is 0 Å². The molecule has 0 aliphatic rings. The molecule has 0 aromatic rings. The summed E-state index contributed by atoms with van der Waals surface area (Å²) in [5.41, 5.74) is 7.88. The predicted molar refractivity (Wildman–Crippen MR) is 83.6 cm³/mol. The van der Waals surface area contributed by atoms with Gasteiger partial charge in [0, 0.05) is 11.5 Å². The molecule has 3 unspecified atom stereocenters. The van der Waals surface area contributed by atoms with E-state index in [4.69, 9.17) is 5.53 Å². The van der Waals surface area contributed by atoms with Crippen LogP contribution in [0.15, 0.2) is 5.11 Å². The van der Waals surface area contributed by atoms with Gasteiger partial charge < -0.3 is 4.74 Å². The molecule has 0 aliphatic carbocycles. The number of hydrogen-bond donors (Lipinski definition) is 0. The Morgan fingerprint density at radius 3 is 1.16 bits per heavy atom. The van der Waals surface area contributed by atoms with Crippen LogP contribution in [0, 0.1) is 0 Å². The summed E-state index contributed by atoms with van der Waals surface area (Å²) in [7, 11) is 0. The molecule has 0 saturated heterocycles. The monoisotopic (exact) mass is 717 g/mol. The van der Waals surface area contributed by atoms with E-state index in [0.717, 1.165) is 4.74 Å². The Morgan fingerprint density at radius 2 is 0.841 bits per heavy atom. The van der Waals surface area contributed by atoms with Gasteiger partial charge in [-0.25, -0.2) is 0 Å². The van der Waals surface area contributed by atoms with Gasteiger partial charge in [0.15, 0.2) is 0 Å². The summed E-state index contributed by atoms with van der Waals surface area (Å²) in [6.07, 6.45) is -56.9. The molecule has 7 nitrogen and oxygen atoms in total. The molecule has 30 heteroatoms. The van der Waals surface area contributed by atoms with Gasteiger partial charge in [-0.2, -0.15) is 101 Å². The van der Waals surface area contributed by atoms with Gasteiger partial charge in [0.2, 0.25) is 0 Å². The van der Waals surface area contributed by atoms with E-state index >= 15 is 0 Å². The lowest BCUT2D eigenvalue weighted by molar-refractivity contribution is -0.580. The first-order valence-corrected chi connectivity index (χ1v) is 9.47. The van der Waals surface area contributed by atoms with E-state index < -0.39 is 86.3 Å². The third-order valence-electron chi connectivity index (χ3n) is 4.14. The van der Waals surface area contributed by atoms with Crippen molar-refractivity contribution in [1.82, 2.24) is 0 Å². The molecule has 3 atom stereocenters. The van der Waals surface area contributed by atoms with Gasteiger partial charge in [0.25, 0.3) is 0 Å². The number of hydrogen-bond acceptors (Lipinski definition) is 5. The molecule has 0 aromatic heterocycles. The standard InChI is InChI=1S/C14H6F23N3O4/c15-4(8(20,21)22,3-41-2-1-39-40-38)42-13(34,35)6(18,10(26,27)28)44-14(36,37)7(19,11(29,30)31)43-12(32,33)5(16,17)9(23,24)25/h1-3H2. The van der Waals surface area contributed by atoms with Crippen LogP contribution in [0.1, 0.15) is 0 Å². The van der Waals surface area contributed by atoms with Gasteiger partial charge in [0.1, 0.15) is 6.61 Å². The van der Waals surface area contributed by atoms with Crippen LogP contribution in [-0.2, 0) is 18.9 Å². The molecule has 0 fully saturated rings. The lowest BCUT2D eigenvalue weighted by Gasteiger charge is -2.42. The summed E-state index contributed by atoms with van der Waals surface area (Å²) >= 11 is 0. The highest BCUT2D eigenvalue weighted by Crippen LogP contribution is 2.59. The molecule has 0 bridgehead atoms. The fraction of sp³-hybridized carbons (Fsp3) is 1.00. The smallest absolute Gasteiger partial charge is 0.375 e. The van der Waals surface area contributed by atoms with Crippen molar-refractivity contribution in [2.75, 3.05) is 19.8 Å². The molecule has 0 heterocycles. The van der Waals surface area contributed by atoms with Crippen LogP contribution in [0.2, 0.25) is 0 Å². The van der Waals surface area contributed by atoms with Crippen LogP contribution in [-0.4, -0.2) is 86.3 Å². The van der Waals surface area contributed by atoms with Crippen LogP contribution >= 0.6 is 0 Å². The minimum absolute atomic E-state index is 1.06. The molecule has 0 spiro atoms. The van der Waals surface area contributed by atoms with Gasteiger partial charge in [-0.15, -0.1) is 0 Å². The largest absolute Gasteiger partial charge is 0.462 e. The maximum absolute atomic E-state index is 14.3. The zero-order valence-corrected chi connectivity index (χ0v) is 19.3. The van der Waals surface area contributed by atoms with Gasteiger partial charge in [-0.05, 0) is 5.53 Å². The predicted octanol–water partition coefficient (Wildman–Crippen LogP) is 8.02.